The maximum atomic E-state index is 11.5. The summed E-state index contributed by atoms with van der Waals surface area (Å²) in [5.74, 6) is -0.0629. The number of nitrogens with zero attached hydrogens (tertiary/aromatic N) is 3. The predicted molar refractivity (Wildman–Crippen MR) is 121 cm³/mol. The molecule has 3 aromatic rings. The maximum absolute atomic E-state index is 11.5. The van der Waals surface area contributed by atoms with Crippen LogP contribution in [0.15, 0.2) is 42.6 Å². The number of hydrogen-bond donors (Lipinski definition) is 3. The van der Waals surface area contributed by atoms with Gasteiger partial charge in [0.05, 0.1) is 42.2 Å². The maximum Gasteiger partial charge on any atom is 0.217 e. The summed E-state index contributed by atoms with van der Waals surface area (Å²) in [5, 5.41) is 23.1. The van der Waals surface area contributed by atoms with E-state index < -0.39 is 0 Å². The van der Waals surface area contributed by atoms with Crippen molar-refractivity contribution in [2.75, 3.05) is 26.3 Å². The van der Waals surface area contributed by atoms with Gasteiger partial charge in [-0.2, -0.15) is 0 Å². The van der Waals surface area contributed by atoms with Crippen molar-refractivity contribution in [2.24, 2.45) is 0 Å². The van der Waals surface area contributed by atoms with Crippen LogP contribution in [0.3, 0.4) is 0 Å². The van der Waals surface area contributed by atoms with Gasteiger partial charge in [0.15, 0.2) is 0 Å². The smallest absolute Gasteiger partial charge is 0.217 e. The summed E-state index contributed by atoms with van der Waals surface area (Å²) >= 11 is 6.09. The van der Waals surface area contributed by atoms with Gasteiger partial charge in [-0.05, 0) is 23.8 Å². The van der Waals surface area contributed by atoms with Gasteiger partial charge in [-0.3, -0.25) is 14.3 Å². The number of morpholine rings is 1. The minimum Gasteiger partial charge on any atom is -0.507 e. The van der Waals surface area contributed by atoms with Crippen molar-refractivity contribution in [1.82, 2.24) is 19.8 Å². The molecule has 2 aromatic carbocycles. The normalized spacial score (nSPS) is 14.4. The number of phenols is 2. The van der Waals surface area contributed by atoms with Crippen molar-refractivity contribution < 1.29 is 19.7 Å². The second-order valence-electron chi connectivity index (χ2n) is 7.69. The number of phenolic OH excluding ortho intramolecular Hbond substituents is 2. The summed E-state index contributed by atoms with van der Waals surface area (Å²) in [7, 11) is 0. The third-order valence-corrected chi connectivity index (χ3v) is 5.67. The van der Waals surface area contributed by atoms with E-state index in [9.17, 15) is 15.0 Å². The van der Waals surface area contributed by atoms with Gasteiger partial charge in [-0.25, -0.2) is 4.98 Å². The fourth-order valence-corrected chi connectivity index (χ4v) is 3.87. The Kier molecular flexibility index (Phi) is 6.64. The molecule has 32 heavy (non-hydrogen) atoms. The standard InChI is InChI=1S/C23H25ClN4O4/c1-15(29)25-12-18-13-26-23(19-10-20(24)22(31)11-21(19)30)28(18)17-4-2-16(3-5-17)14-27-6-8-32-9-7-27/h2-5,10-11,13,30-31H,6-9,12,14H2,1H3,(H,25,29). The van der Waals surface area contributed by atoms with Crippen LogP contribution < -0.4 is 5.32 Å². The minimum atomic E-state index is -0.211. The summed E-state index contributed by atoms with van der Waals surface area (Å²) in [6, 6.07) is 10.7. The lowest BCUT2D eigenvalue weighted by Crippen LogP contribution is -2.35. The second kappa shape index (κ2) is 9.60. The lowest BCUT2D eigenvalue weighted by molar-refractivity contribution is -0.119. The molecule has 0 bridgehead atoms. The number of hydrogen-bond acceptors (Lipinski definition) is 6. The lowest BCUT2D eigenvalue weighted by Gasteiger charge is -2.26. The van der Waals surface area contributed by atoms with Crippen molar-refractivity contribution in [1.29, 1.82) is 0 Å². The summed E-state index contributed by atoms with van der Waals surface area (Å²) < 4.78 is 7.27. The van der Waals surface area contributed by atoms with Crippen LogP contribution in [-0.2, 0) is 22.6 Å². The molecule has 0 spiro atoms. The van der Waals surface area contributed by atoms with Crippen molar-refractivity contribution in [3.05, 3.63) is 58.9 Å². The lowest BCUT2D eigenvalue weighted by atomic mass is 10.1. The zero-order valence-electron chi connectivity index (χ0n) is 17.7. The zero-order valence-corrected chi connectivity index (χ0v) is 18.5. The molecule has 4 rings (SSSR count). The van der Waals surface area contributed by atoms with Gasteiger partial charge in [0, 0.05) is 38.3 Å². The minimum absolute atomic E-state index is 0.108. The number of nitrogens with one attached hydrogen (secondary N) is 1. The van der Waals surface area contributed by atoms with Crippen LogP contribution >= 0.6 is 11.6 Å². The van der Waals surface area contributed by atoms with Crippen molar-refractivity contribution in [3.8, 4) is 28.6 Å². The molecule has 1 saturated heterocycles. The van der Waals surface area contributed by atoms with E-state index in [2.05, 4.69) is 27.3 Å². The van der Waals surface area contributed by atoms with Crippen LogP contribution in [0.4, 0.5) is 0 Å². The number of aromatic nitrogens is 2. The number of imidazole rings is 1. The number of aromatic hydroxyl groups is 2. The molecule has 1 aromatic heterocycles. The van der Waals surface area contributed by atoms with E-state index in [0.717, 1.165) is 44.2 Å². The van der Waals surface area contributed by atoms with Crippen molar-refractivity contribution >= 4 is 17.5 Å². The molecule has 1 fully saturated rings. The quantitative estimate of drug-likeness (QED) is 0.527. The molecule has 0 aliphatic carbocycles. The molecular formula is C23H25ClN4O4. The van der Waals surface area contributed by atoms with Gasteiger partial charge < -0.3 is 20.3 Å². The average molecular weight is 457 g/mol. The van der Waals surface area contributed by atoms with Crippen LogP contribution in [0.1, 0.15) is 18.2 Å². The van der Waals surface area contributed by atoms with Gasteiger partial charge >= 0.3 is 0 Å². The topological polar surface area (TPSA) is 99.8 Å². The highest BCUT2D eigenvalue weighted by atomic mass is 35.5. The predicted octanol–water partition coefficient (Wildman–Crippen LogP) is 3.07. The Labute approximate surface area is 191 Å². The highest BCUT2D eigenvalue weighted by Gasteiger charge is 2.19. The number of benzene rings is 2. The molecule has 0 unspecified atom stereocenters. The van der Waals surface area contributed by atoms with E-state index in [1.807, 2.05) is 16.7 Å². The van der Waals surface area contributed by atoms with Gasteiger partial charge in [-0.15, -0.1) is 0 Å². The number of rotatable bonds is 6. The van der Waals surface area contributed by atoms with Gasteiger partial charge in [0.25, 0.3) is 0 Å². The molecule has 2 heterocycles. The summed E-state index contributed by atoms with van der Waals surface area (Å²) in [6.07, 6.45) is 1.65. The van der Waals surface area contributed by atoms with E-state index in [0.29, 0.717) is 11.4 Å². The molecule has 9 heteroatoms. The molecule has 3 N–H and O–H groups in total. The highest BCUT2D eigenvalue weighted by Crippen LogP contribution is 2.38. The Morgan fingerprint density at radius 1 is 1.16 bits per heavy atom. The van der Waals surface area contributed by atoms with Crippen molar-refractivity contribution in [3.63, 3.8) is 0 Å². The average Bonchev–Trinajstić information content (AvgIpc) is 3.20. The summed E-state index contributed by atoms with van der Waals surface area (Å²) in [6.45, 7) is 5.89. The van der Waals surface area contributed by atoms with E-state index in [1.165, 1.54) is 24.6 Å². The molecule has 1 amide bonds. The van der Waals surface area contributed by atoms with E-state index in [-0.39, 0.29) is 29.0 Å². The first-order valence-corrected chi connectivity index (χ1v) is 10.7. The van der Waals surface area contributed by atoms with Crippen LogP contribution in [0.2, 0.25) is 5.02 Å². The molecule has 1 aliphatic rings. The first-order valence-electron chi connectivity index (χ1n) is 10.3. The summed E-state index contributed by atoms with van der Waals surface area (Å²) in [5.41, 5.74) is 3.11. The van der Waals surface area contributed by atoms with Crippen molar-refractivity contribution in [2.45, 2.75) is 20.0 Å². The summed E-state index contributed by atoms with van der Waals surface area (Å²) in [4.78, 5) is 18.3. The molecule has 0 radical (unpaired) electrons. The van der Waals surface area contributed by atoms with Crippen LogP contribution in [-0.4, -0.2) is 56.9 Å². The largest absolute Gasteiger partial charge is 0.507 e. The van der Waals surface area contributed by atoms with E-state index in [4.69, 9.17) is 16.3 Å². The van der Waals surface area contributed by atoms with Gasteiger partial charge in [-0.1, -0.05) is 23.7 Å². The van der Waals surface area contributed by atoms with Crippen LogP contribution in [0.25, 0.3) is 17.1 Å². The number of ether oxygens (including phenoxy) is 1. The Morgan fingerprint density at radius 2 is 1.88 bits per heavy atom. The number of carbonyl (C=O) groups is 1. The van der Waals surface area contributed by atoms with E-state index in [1.54, 1.807) is 6.20 Å². The fourth-order valence-electron chi connectivity index (χ4n) is 3.70. The second-order valence-corrected chi connectivity index (χ2v) is 8.10. The van der Waals surface area contributed by atoms with E-state index >= 15 is 0 Å². The Morgan fingerprint density at radius 3 is 2.56 bits per heavy atom. The SMILES string of the molecule is CC(=O)NCc1cnc(-c2cc(Cl)c(O)cc2O)n1-c1ccc(CN2CCOCC2)cc1. The molecule has 0 saturated carbocycles. The highest BCUT2D eigenvalue weighted by molar-refractivity contribution is 6.32. The number of amides is 1. The fraction of sp³-hybridized carbons (Fsp3) is 0.304. The first kappa shape index (κ1) is 22.1. The molecular weight excluding hydrogens is 432 g/mol. The monoisotopic (exact) mass is 456 g/mol. The molecule has 168 valence electrons. The zero-order chi connectivity index (χ0) is 22.7. The Hall–Kier alpha value is -3.07. The number of carbonyl (C=O) groups excluding carboxylic acids is 1. The first-order chi connectivity index (χ1) is 15.4. The van der Waals surface area contributed by atoms with Crippen LogP contribution in [0, 0.1) is 0 Å². The Bertz CT molecular complexity index is 1110. The van der Waals surface area contributed by atoms with Gasteiger partial charge in [0.2, 0.25) is 5.91 Å². The third-order valence-electron chi connectivity index (χ3n) is 5.36. The van der Waals surface area contributed by atoms with Gasteiger partial charge in [0.1, 0.15) is 17.3 Å². The van der Waals surface area contributed by atoms with Crippen LogP contribution in [0.5, 0.6) is 11.5 Å². The Balaban J connectivity index is 1.70. The molecule has 0 atom stereocenters. The third kappa shape index (κ3) is 4.88. The molecule has 8 nitrogen and oxygen atoms in total. The number of halogens is 1. The molecule has 1 aliphatic heterocycles.